The van der Waals surface area contributed by atoms with E-state index in [2.05, 4.69) is 4.90 Å². The Bertz CT molecular complexity index is 342. The van der Waals surface area contributed by atoms with Gasteiger partial charge in [-0.3, -0.25) is 0 Å². The first-order chi connectivity index (χ1) is 7.60. The maximum Gasteiger partial charge on any atom is 0.123 e. The van der Waals surface area contributed by atoms with Crippen LogP contribution >= 0.6 is 23.2 Å². The van der Waals surface area contributed by atoms with E-state index >= 15 is 0 Å². The van der Waals surface area contributed by atoms with Crippen molar-refractivity contribution >= 4 is 23.2 Å². The number of ether oxygens (including phenoxy) is 1. The Balaban J connectivity index is 3.10. The summed E-state index contributed by atoms with van der Waals surface area (Å²) in [4.78, 5) is 2.12. The molecular formula is C12H17Cl2NO. The molecule has 16 heavy (non-hydrogen) atoms. The molecule has 0 aliphatic rings. The van der Waals surface area contributed by atoms with E-state index in [1.807, 2.05) is 32.3 Å². The molecule has 0 fully saturated rings. The average Bonchev–Trinajstić information content (AvgIpc) is 2.25. The molecule has 0 aliphatic heterocycles. The number of hydrogen-bond donors (Lipinski definition) is 0. The van der Waals surface area contributed by atoms with E-state index in [1.165, 1.54) is 0 Å². The van der Waals surface area contributed by atoms with Gasteiger partial charge in [0.25, 0.3) is 0 Å². The molecule has 1 atom stereocenters. The first-order valence-corrected chi connectivity index (χ1v) is 6.07. The third-order valence-corrected chi connectivity index (χ3v) is 3.01. The van der Waals surface area contributed by atoms with E-state index in [-0.39, 0.29) is 6.04 Å². The van der Waals surface area contributed by atoms with E-state index < -0.39 is 0 Å². The molecule has 90 valence electrons. The van der Waals surface area contributed by atoms with E-state index in [9.17, 15) is 0 Å². The fraction of sp³-hybridized carbons (Fsp3) is 0.500. The van der Waals surface area contributed by atoms with Gasteiger partial charge in [0.05, 0.1) is 7.11 Å². The molecule has 4 heteroatoms. The van der Waals surface area contributed by atoms with Gasteiger partial charge in [0.2, 0.25) is 0 Å². The van der Waals surface area contributed by atoms with Crippen molar-refractivity contribution in [1.29, 1.82) is 0 Å². The fourth-order valence-electron chi connectivity index (χ4n) is 1.76. The first kappa shape index (κ1) is 13.6. The van der Waals surface area contributed by atoms with Crippen LogP contribution < -0.4 is 4.74 Å². The lowest BCUT2D eigenvalue weighted by Gasteiger charge is -2.25. The Morgan fingerprint density at radius 2 is 2.06 bits per heavy atom. The van der Waals surface area contributed by atoms with Crippen LogP contribution in [0.25, 0.3) is 0 Å². The van der Waals surface area contributed by atoms with Crippen LogP contribution in [0, 0.1) is 0 Å². The maximum atomic E-state index is 6.02. The van der Waals surface area contributed by atoms with Gasteiger partial charge in [-0.05, 0) is 38.7 Å². The van der Waals surface area contributed by atoms with Gasteiger partial charge in [-0.2, -0.15) is 0 Å². The van der Waals surface area contributed by atoms with Crippen molar-refractivity contribution in [3.05, 3.63) is 28.8 Å². The van der Waals surface area contributed by atoms with Gasteiger partial charge in [0, 0.05) is 22.5 Å². The van der Waals surface area contributed by atoms with Crippen LogP contribution in [0.3, 0.4) is 0 Å². The van der Waals surface area contributed by atoms with Crippen molar-refractivity contribution in [2.24, 2.45) is 0 Å². The van der Waals surface area contributed by atoms with Gasteiger partial charge >= 0.3 is 0 Å². The molecule has 2 nitrogen and oxygen atoms in total. The molecule has 1 unspecified atom stereocenters. The third kappa shape index (κ3) is 3.27. The van der Waals surface area contributed by atoms with Crippen LogP contribution in [0.5, 0.6) is 5.75 Å². The Hall–Kier alpha value is -0.440. The molecule has 0 bridgehead atoms. The fourth-order valence-corrected chi connectivity index (χ4v) is 2.15. The summed E-state index contributed by atoms with van der Waals surface area (Å²) in [6, 6.07) is 5.89. The van der Waals surface area contributed by atoms with Gasteiger partial charge in [-0.1, -0.05) is 11.6 Å². The highest BCUT2D eigenvalue weighted by molar-refractivity contribution is 6.30. The largest absolute Gasteiger partial charge is 0.496 e. The standard InChI is InChI=1S/C12H17Cl2NO/c1-15(2)11(6-7-13)10-8-9(14)4-5-12(10)16-3/h4-5,8,11H,6-7H2,1-3H3. The van der Waals surface area contributed by atoms with Crippen molar-refractivity contribution in [2.75, 3.05) is 27.1 Å². The molecule has 1 rings (SSSR count). The molecule has 0 aromatic heterocycles. The smallest absolute Gasteiger partial charge is 0.123 e. The van der Waals surface area contributed by atoms with Crippen LogP contribution in [-0.4, -0.2) is 32.0 Å². The minimum absolute atomic E-state index is 0.228. The van der Waals surface area contributed by atoms with E-state index in [4.69, 9.17) is 27.9 Å². The summed E-state index contributed by atoms with van der Waals surface area (Å²) < 4.78 is 5.35. The zero-order valence-electron chi connectivity index (χ0n) is 9.84. The molecule has 1 aromatic carbocycles. The summed E-state index contributed by atoms with van der Waals surface area (Å²) in [6.45, 7) is 0. The second kappa shape index (κ2) is 6.33. The van der Waals surface area contributed by atoms with Crippen LogP contribution in [0.2, 0.25) is 5.02 Å². The predicted molar refractivity (Wildman–Crippen MR) is 69.8 cm³/mol. The highest BCUT2D eigenvalue weighted by Crippen LogP contribution is 2.32. The first-order valence-electron chi connectivity index (χ1n) is 5.16. The van der Waals surface area contributed by atoms with Gasteiger partial charge in [-0.15, -0.1) is 11.6 Å². The zero-order chi connectivity index (χ0) is 12.1. The Morgan fingerprint density at radius 3 is 2.56 bits per heavy atom. The Labute approximate surface area is 107 Å². The van der Waals surface area contributed by atoms with E-state index in [0.29, 0.717) is 5.88 Å². The Kier molecular flexibility index (Phi) is 5.39. The summed E-state index contributed by atoms with van der Waals surface area (Å²) in [7, 11) is 5.72. The lowest BCUT2D eigenvalue weighted by molar-refractivity contribution is 0.283. The lowest BCUT2D eigenvalue weighted by Crippen LogP contribution is -2.21. The highest BCUT2D eigenvalue weighted by atomic mass is 35.5. The number of methoxy groups -OCH3 is 1. The van der Waals surface area contributed by atoms with Crippen LogP contribution in [0.4, 0.5) is 0 Å². The SMILES string of the molecule is COc1ccc(Cl)cc1C(CCCl)N(C)C. The van der Waals surface area contributed by atoms with Gasteiger partial charge < -0.3 is 9.64 Å². The number of benzene rings is 1. The van der Waals surface area contributed by atoms with Gasteiger partial charge in [-0.25, -0.2) is 0 Å². The molecule has 0 amide bonds. The molecule has 0 spiro atoms. The third-order valence-electron chi connectivity index (χ3n) is 2.56. The molecule has 0 heterocycles. The second-order valence-electron chi connectivity index (χ2n) is 3.84. The zero-order valence-corrected chi connectivity index (χ0v) is 11.3. The molecule has 0 radical (unpaired) electrons. The molecular weight excluding hydrogens is 245 g/mol. The highest BCUT2D eigenvalue weighted by Gasteiger charge is 2.18. The lowest BCUT2D eigenvalue weighted by atomic mass is 10.0. The van der Waals surface area contributed by atoms with Crippen molar-refractivity contribution < 1.29 is 4.74 Å². The minimum atomic E-state index is 0.228. The molecule has 0 saturated heterocycles. The molecule has 0 saturated carbocycles. The predicted octanol–water partition coefficient (Wildman–Crippen LogP) is 3.58. The maximum absolute atomic E-state index is 6.02. The summed E-state index contributed by atoms with van der Waals surface area (Å²) in [6.07, 6.45) is 0.866. The van der Waals surface area contributed by atoms with Crippen LogP contribution in [-0.2, 0) is 0 Å². The van der Waals surface area contributed by atoms with Crippen LogP contribution in [0.15, 0.2) is 18.2 Å². The second-order valence-corrected chi connectivity index (χ2v) is 4.66. The quantitative estimate of drug-likeness (QED) is 0.752. The van der Waals surface area contributed by atoms with Crippen molar-refractivity contribution in [2.45, 2.75) is 12.5 Å². The number of halogens is 2. The van der Waals surface area contributed by atoms with E-state index in [1.54, 1.807) is 7.11 Å². The topological polar surface area (TPSA) is 12.5 Å². The van der Waals surface area contributed by atoms with Crippen molar-refractivity contribution in [3.63, 3.8) is 0 Å². The summed E-state index contributed by atoms with van der Waals surface area (Å²) in [5.41, 5.74) is 1.08. The van der Waals surface area contributed by atoms with Crippen molar-refractivity contribution in [1.82, 2.24) is 4.90 Å². The molecule has 0 aliphatic carbocycles. The summed E-state index contributed by atoms with van der Waals surface area (Å²) >= 11 is 11.8. The van der Waals surface area contributed by atoms with Gasteiger partial charge in [0.1, 0.15) is 5.75 Å². The van der Waals surface area contributed by atoms with E-state index in [0.717, 1.165) is 22.8 Å². The normalized spacial score (nSPS) is 12.9. The van der Waals surface area contributed by atoms with Gasteiger partial charge in [0.15, 0.2) is 0 Å². The summed E-state index contributed by atoms with van der Waals surface area (Å²) in [5.74, 6) is 1.46. The Morgan fingerprint density at radius 1 is 1.38 bits per heavy atom. The number of alkyl halides is 1. The average molecular weight is 262 g/mol. The monoisotopic (exact) mass is 261 g/mol. The summed E-state index contributed by atoms with van der Waals surface area (Å²) in [5, 5.41) is 0.720. The molecule has 1 aromatic rings. The number of nitrogens with zero attached hydrogens (tertiary/aromatic N) is 1. The number of hydrogen-bond acceptors (Lipinski definition) is 2. The van der Waals surface area contributed by atoms with Crippen LogP contribution in [0.1, 0.15) is 18.0 Å². The number of rotatable bonds is 5. The minimum Gasteiger partial charge on any atom is -0.496 e. The molecule has 0 N–H and O–H groups in total. The van der Waals surface area contributed by atoms with Crippen molar-refractivity contribution in [3.8, 4) is 5.75 Å².